The Kier molecular flexibility index (Phi) is 6.08. The number of hydrogen-bond donors (Lipinski definition) is 1. The van der Waals surface area contributed by atoms with E-state index >= 15 is 0 Å². The van der Waals surface area contributed by atoms with Gasteiger partial charge < -0.3 is 19.1 Å². The van der Waals surface area contributed by atoms with Gasteiger partial charge in [-0.15, -0.1) is 0 Å². The lowest BCUT2D eigenvalue weighted by Gasteiger charge is -2.24. The summed E-state index contributed by atoms with van der Waals surface area (Å²) in [5, 5.41) is 3.85. The first-order valence-corrected chi connectivity index (χ1v) is 10.1. The summed E-state index contributed by atoms with van der Waals surface area (Å²) in [5.41, 5.74) is 0.845. The molecule has 4 aromatic rings. The lowest BCUT2D eigenvalue weighted by molar-refractivity contribution is -0.121. The highest BCUT2D eigenvalue weighted by molar-refractivity contribution is 5.91. The Morgan fingerprint density at radius 3 is 2.60 bits per heavy atom. The van der Waals surface area contributed by atoms with E-state index in [4.69, 9.17) is 13.8 Å². The van der Waals surface area contributed by atoms with Crippen LogP contribution >= 0.6 is 0 Å². The molecule has 1 aromatic carbocycles. The van der Waals surface area contributed by atoms with E-state index in [-0.39, 0.29) is 5.91 Å². The molecule has 7 heteroatoms. The predicted octanol–water partition coefficient (Wildman–Crippen LogP) is 4.41. The molecule has 0 radical (unpaired) electrons. The molecule has 1 N–H and O–H groups in total. The monoisotopic (exact) mass is 404 g/mol. The second kappa shape index (κ2) is 9.26. The number of aromatic nitrogens is 2. The number of carbonyl (C=O) groups is 1. The van der Waals surface area contributed by atoms with E-state index < -0.39 is 0 Å². The molecule has 30 heavy (non-hydrogen) atoms. The number of hydrogen-bond acceptors (Lipinski definition) is 6. The highest BCUT2D eigenvalue weighted by atomic mass is 16.3. The van der Waals surface area contributed by atoms with Crippen molar-refractivity contribution in [3.05, 3.63) is 66.8 Å². The lowest BCUT2D eigenvalue weighted by atomic mass is 10.2. The van der Waals surface area contributed by atoms with Gasteiger partial charge in [0.05, 0.1) is 24.6 Å². The van der Waals surface area contributed by atoms with Gasteiger partial charge in [-0.05, 0) is 42.8 Å². The number of para-hydroxylation sites is 1. The summed E-state index contributed by atoms with van der Waals surface area (Å²) < 4.78 is 10.8. The van der Waals surface area contributed by atoms with Crippen molar-refractivity contribution in [3.63, 3.8) is 0 Å². The van der Waals surface area contributed by atoms with Crippen molar-refractivity contribution in [2.75, 3.05) is 18.0 Å². The predicted molar refractivity (Wildman–Crippen MR) is 115 cm³/mol. The molecular formula is C23H24N4O3. The molecular weight excluding hydrogens is 380 g/mol. The second-order valence-corrected chi connectivity index (χ2v) is 6.96. The quantitative estimate of drug-likeness (QED) is 0.445. The molecule has 0 unspecified atom stereocenters. The highest BCUT2D eigenvalue weighted by Crippen LogP contribution is 2.28. The number of nitrogens with one attached hydrogen (secondary N) is 1. The largest absolute Gasteiger partial charge is 0.467 e. The van der Waals surface area contributed by atoms with Gasteiger partial charge in [-0.25, -0.2) is 9.97 Å². The van der Waals surface area contributed by atoms with Crippen LogP contribution < -0.4 is 10.2 Å². The summed E-state index contributed by atoms with van der Waals surface area (Å²) in [5.74, 6) is 2.68. The summed E-state index contributed by atoms with van der Waals surface area (Å²) in [6.07, 6.45) is 4.50. The number of nitrogens with zero attached hydrogens (tertiary/aromatic N) is 3. The summed E-state index contributed by atoms with van der Waals surface area (Å²) in [6.45, 7) is 3.83. The minimum Gasteiger partial charge on any atom is -0.467 e. The third-order valence-corrected chi connectivity index (χ3v) is 4.77. The van der Waals surface area contributed by atoms with Gasteiger partial charge in [0, 0.05) is 24.9 Å². The molecule has 3 heterocycles. The molecule has 0 aliphatic heterocycles. The maximum absolute atomic E-state index is 12.4. The molecule has 0 fully saturated rings. The highest BCUT2D eigenvalue weighted by Gasteiger charge is 2.17. The Morgan fingerprint density at radius 1 is 1.00 bits per heavy atom. The van der Waals surface area contributed by atoms with E-state index in [1.54, 1.807) is 18.6 Å². The molecule has 0 spiro atoms. The van der Waals surface area contributed by atoms with Gasteiger partial charge in [-0.1, -0.05) is 19.1 Å². The fourth-order valence-electron chi connectivity index (χ4n) is 3.33. The molecule has 154 valence electrons. The van der Waals surface area contributed by atoms with Crippen molar-refractivity contribution in [1.29, 1.82) is 0 Å². The van der Waals surface area contributed by atoms with Crippen LogP contribution in [0.25, 0.3) is 22.5 Å². The maximum atomic E-state index is 12.4. The number of furan rings is 2. The van der Waals surface area contributed by atoms with Gasteiger partial charge in [-0.3, -0.25) is 4.79 Å². The van der Waals surface area contributed by atoms with Crippen LogP contribution in [0.1, 0.15) is 25.5 Å². The van der Waals surface area contributed by atoms with Crippen molar-refractivity contribution in [1.82, 2.24) is 15.3 Å². The summed E-state index contributed by atoms with van der Waals surface area (Å²) in [6, 6.07) is 15.2. The topological polar surface area (TPSA) is 84.4 Å². The third-order valence-electron chi connectivity index (χ3n) is 4.77. The Morgan fingerprint density at radius 2 is 1.83 bits per heavy atom. The smallest absolute Gasteiger partial charge is 0.222 e. The number of rotatable bonds is 9. The van der Waals surface area contributed by atoms with Gasteiger partial charge >= 0.3 is 0 Å². The Balaban J connectivity index is 1.56. The van der Waals surface area contributed by atoms with E-state index in [1.165, 1.54) is 0 Å². The average molecular weight is 404 g/mol. The van der Waals surface area contributed by atoms with Gasteiger partial charge in [0.1, 0.15) is 11.6 Å². The number of anilines is 1. The number of fused-ring (bicyclic) bond motifs is 1. The molecule has 0 saturated carbocycles. The van der Waals surface area contributed by atoms with Crippen LogP contribution in [0.15, 0.2) is 69.9 Å². The normalized spacial score (nSPS) is 11.0. The zero-order chi connectivity index (χ0) is 20.8. The lowest BCUT2D eigenvalue weighted by Crippen LogP contribution is -2.32. The Bertz CT molecular complexity index is 1090. The standard InChI is InChI=1S/C23H24N4O3/c1-2-12-27(13-11-21(28)24-16-17-7-5-14-29-17)23-18-8-3-4-9-19(18)25-22(26-23)20-10-6-15-30-20/h3-10,14-15H,2,11-13,16H2,1H3,(H,24,28). The summed E-state index contributed by atoms with van der Waals surface area (Å²) in [7, 11) is 0. The maximum Gasteiger partial charge on any atom is 0.222 e. The Labute approximate surface area is 174 Å². The first-order chi connectivity index (χ1) is 14.7. The van der Waals surface area contributed by atoms with Crippen molar-refractivity contribution in [2.24, 2.45) is 0 Å². The van der Waals surface area contributed by atoms with Crippen LogP contribution in [-0.4, -0.2) is 29.0 Å². The van der Waals surface area contributed by atoms with E-state index in [2.05, 4.69) is 22.1 Å². The molecule has 0 saturated heterocycles. The van der Waals surface area contributed by atoms with Crippen LogP contribution in [-0.2, 0) is 11.3 Å². The van der Waals surface area contributed by atoms with Gasteiger partial charge in [0.25, 0.3) is 0 Å². The fraction of sp³-hybridized carbons (Fsp3) is 0.261. The van der Waals surface area contributed by atoms with Crippen molar-refractivity contribution in [2.45, 2.75) is 26.3 Å². The van der Waals surface area contributed by atoms with Crippen LogP contribution in [0.4, 0.5) is 5.82 Å². The zero-order valence-electron chi connectivity index (χ0n) is 16.9. The minimum atomic E-state index is -0.0304. The van der Waals surface area contributed by atoms with E-state index in [0.29, 0.717) is 31.1 Å². The fourth-order valence-corrected chi connectivity index (χ4v) is 3.33. The number of carbonyl (C=O) groups excluding carboxylic acids is 1. The first-order valence-electron chi connectivity index (χ1n) is 10.1. The molecule has 3 aromatic heterocycles. The van der Waals surface area contributed by atoms with Crippen LogP contribution in [0.5, 0.6) is 0 Å². The SMILES string of the molecule is CCCN(CCC(=O)NCc1ccco1)c1nc(-c2ccco2)nc2ccccc12. The van der Waals surface area contributed by atoms with Crippen molar-refractivity contribution < 1.29 is 13.6 Å². The molecule has 4 rings (SSSR count). The molecule has 0 aliphatic carbocycles. The van der Waals surface area contributed by atoms with Crippen LogP contribution in [0.3, 0.4) is 0 Å². The number of benzene rings is 1. The zero-order valence-corrected chi connectivity index (χ0v) is 16.9. The summed E-state index contributed by atoms with van der Waals surface area (Å²) in [4.78, 5) is 24.0. The number of amides is 1. The van der Waals surface area contributed by atoms with Crippen LogP contribution in [0.2, 0.25) is 0 Å². The van der Waals surface area contributed by atoms with Gasteiger partial charge in [0.2, 0.25) is 5.91 Å². The van der Waals surface area contributed by atoms with Gasteiger partial charge in [-0.2, -0.15) is 0 Å². The molecule has 0 aliphatic rings. The van der Waals surface area contributed by atoms with Crippen molar-refractivity contribution >= 4 is 22.6 Å². The van der Waals surface area contributed by atoms with E-state index in [0.717, 1.165) is 35.4 Å². The third kappa shape index (κ3) is 4.51. The summed E-state index contributed by atoms with van der Waals surface area (Å²) >= 11 is 0. The molecule has 0 atom stereocenters. The first kappa shape index (κ1) is 19.7. The van der Waals surface area contributed by atoms with Crippen molar-refractivity contribution in [3.8, 4) is 11.6 Å². The minimum absolute atomic E-state index is 0.0304. The van der Waals surface area contributed by atoms with Gasteiger partial charge in [0.15, 0.2) is 11.6 Å². The molecule has 7 nitrogen and oxygen atoms in total. The average Bonchev–Trinajstić information content (AvgIpc) is 3.49. The van der Waals surface area contributed by atoms with Crippen LogP contribution in [0, 0.1) is 0 Å². The Hall–Kier alpha value is -3.61. The second-order valence-electron chi connectivity index (χ2n) is 6.96. The molecule has 1 amide bonds. The van der Waals surface area contributed by atoms with E-state index in [1.807, 2.05) is 42.5 Å². The molecule has 0 bridgehead atoms. The van der Waals surface area contributed by atoms with E-state index in [9.17, 15) is 4.79 Å².